The quantitative estimate of drug-likeness (QED) is 0.388. The molecule has 1 aliphatic carbocycles. The lowest BCUT2D eigenvalue weighted by atomic mass is 9.89. The molecule has 3 nitrogen and oxygen atoms in total. The van der Waals surface area contributed by atoms with Crippen molar-refractivity contribution in [3.8, 4) is 0 Å². The summed E-state index contributed by atoms with van der Waals surface area (Å²) in [7, 11) is 0. The van der Waals surface area contributed by atoms with Crippen LogP contribution in [0.2, 0.25) is 0 Å². The van der Waals surface area contributed by atoms with Crippen molar-refractivity contribution in [3.05, 3.63) is 36.5 Å². The zero-order valence-electron chi connectivity index (χ0n) is 15.1. The largest absolute Gasteiger partial charge is 0.481 e. The van der Waals surface area contributed by atoms with E-state index < -0.39 is 5.97 Å². The molecule has 0 heterocycles. The fourth-order valence-electron chi connectivity index (χ4n) is 2.99. The van der Waals surface area contributed by atoms with E-state index in [0.29, 0.717) is 12.3 Å². The normalized spacial score (nSPS) is 22.0. The first kappa shape index (κ1) is 20.4. The Bertz CT molecular complexity index is 473. The van der Waals surface area contributed by atoms with Crippen LogP contribution in [0.1, 0.15) is 65.2 Å². The number of hydrogen-bond donors (Lipinski definition) is 1. The van der Waals surface area contributed by atoms with Gasteiger partial charge in [0.1, 0.15) is 0 Å². The summed E-state index contributed by atoms with van der Waals surface area (Å²) >= 11 is 0. The van der Waals surface area contributed by atoms with E-state index in [2.05, 4.69) is 26.0 Å². The molecule has 0 aromatic heterocycles. The summed E-state index contributed by atoms with van der Waals surface area (Å²) in [5, 5.41) is 8.60. The van der Waals surface area contributed by atoms with Crippen LogP contribution in [0.25, 0.3) is 0 Å². The summed E-state index contributed by atoms with van der Waals surface area (Å²) in [5.74, 6) is 0.234. The molecule has 0 bridgehead atoms. The maximum atomic E-state index is 12.0. The molecule has 1 rings (SSSR count). The molecule has 0 radical (unpaired) electrons. The van der Waals surface area contributed by atoms with Gasteiger partial charge in [-0.3, -0.25) is 9.59 Å². The number of rotatable bonds is 12. The maximum absolute atomic E-state index is 12.0. The summed E-state index contributed by atoms with van der Waals surface area (Å²) in [5.41, 5.74) is 0. The van der Waals surface area contributed by atoms with Gasteiger partial charge in [0.2, 0.25) is 0 Å². The van der Waals surface area contributed by atoms with E-state index >= 15 is 0 Å². The van der Waals surface area contributed by atoms with Gasteiger partial charge in [-0.25, -0.2) is 0 Å². The average Bonchev–Trinajstić information content (AvgIpc) is 2.89. The second-order valence-electron chi connectivity index (χ2n) is 6.80. The minimum Gasteiger partial charge on any atom is -0.481 e. The average molecular weight is 332 g/mol. The van der Waals surface area contributed by atoms with Crippen LogP contribution in [0.5, 0.6) is 0 Å². The number of carboxylic acids is 1. The summed E-state index contributed by atoms with van der Waals surface area (Å²) in [4.78, 5) is 22.5. The van der Waals surface area contributed by atoms with E-state index in [1.807, 2.05) is 18.2 Å². The number of carbonyl (C=O) groups is 2. The van der Waals surface area contributed by atoms with E-state index in [-0.39, 0.29) is 24.0 Å². The Hall–Kier alpha value is -1.64. The van der Waals surface area contributed by atoms with Crippen LogP contribution in [0, 0.1) is 17.8 Å². The molecule has 0 amide bonds. The number of ketones is 1. The SMILES string of the molecule is CCCCCC(C)C=CC1C=CC(=O)C1CC=CCCCC(=O)O. The number of aliphatic carboxylic acids is 1. The number of unbranched alkanes of at least 4 members (excludes halogenated alkanes) is 3. The third-order valence-electron chi connectivity index (χ3n) is 4.56. The second kappa shape index (κ2) is 11.8. The Balaban J connectivity index is 2.38. The smallest absolute Gasteiger partial charge is 0.303 e. The van der Waals surface area contributed by atoms with Gasteiger partial charge >= 0.3 is 5.97 Å². The van der Waals surface area contributed by atoms with Gasteiger partial charge in [-0.1, -0.05) is 63.5 Å². The Morgan fingerprint density at radius 2 is 2.08 bits per heavy atom. The Labute approximate surface area is 146 Å². The van der Waals surface area contributed by atoms with E-state index in [9.17, 15) is 9.59 Å². The molecule has 0 fully saturated rings. The highest BCUT2D eigenvalue weighted by Crippen LogP contribution is 2.28. The van der Waals surface area contributed by atoms with E-state index in [1.54, 1.807) is 6.08 Å². The summed E-state index contributed by atoms with van der Waals surface area (Å²) in [6.07, 6.45) is 19.6. The molecule has 134 valence electrons. The van der Waals surface area contributed by atoms with Crippen molar-refractivity contribution in [2.75, 3.05) is 0 Å². The first-order valence-electron chi connectivity index (χ1n) is 9.31. The number of carbonyl (C=O) groups excluding carboxylic acids is 1. The Morgan fingerprint density at radius 1 is 1.29 bits per heavy atom. The molecule has 0 spiro atoms. The van der Waals surface area contributed by atoms with Crippen molar-refractivity contribution in [1.29, 1.82) is 0 Å². The van der Waals surface area contributed by atoms with Crippen molar-refractivity contribution < 1.29 is 14.7 Å². The van der Waals surface area contributed by atoms with Crippen LogP contribution >= 0.6 is 0 Å². The number of hydrogen-bond acceptors (Lipinski definition) is 2. The Morgan fingerprint density at radius 3 is 2.79 bits per heavy atom. The first-order valence-corrected chi connectivity index (χ1v) is 9.31. The van der Waals surface area contributed by atoms with Crippen LogP contribution in [-0.2, 0) is 9.59 Å². The lowest BCUT2D eigenvalue weighted by molar-refractivity contribution is -0.137. The third kappa shape index (κ3) is 8.28. The van der Waals surface area contributed by atoms with Gasteiger partial charge in [-0.05, 0) is 37.7 Å². The highest BCUT2D eigenvalue weighted by molar-refractivity contribution is 5.95. The monoisotopic (exact) mass is 332 g/mol. The number of allylic oxidation sites excluding steroid dienone is 6. The summed E-state index contributed by atoms with van der Waals surface area (Å²) in [6.45, 7) is 4.46. The zero-order chi connectivity index (χ0) is 17.8. The lowest BCUT2D eigenvalue weighted by Crippen LogP contribution is -2.13. The van der Waals surface area contributed by atoms with E-state index in [1.165, 1.54) is 25.7 Å². The fraction of sp³-hybridized carbons (Fsp3) is 0.619. The minimum atomic E-state index is -0.753. The zero-order valence-corrected chi connectivity index (χ0v) is 15.1. The Kier molecular flexibility index (Phi) is 10.1. The molecule has 0 aromatic rings. The lowest BCUT2D eigenvalue weighted by Gasteiger charge is -2.14. The second-order valence-corrected chi connectivity index (χ2v) is 6.80. The molecular weight excluding hydrogens is 300 g/mol. The minimum absolute atomic E-state index is 0.0137. The van der Waals surface area contributed by atoms with Crippen molar-refractivity contribution in [1.82, 2.24) is 0 Å². The van der Waals surface area contributed by atoms with Crippen molar-refractivity contribution in [2.24, 2.45) is 17.8 Å². The number of carboxylic acid groups (broad SMARTS) is 1. The molecule has 1 N–H and O–H groups in total. The van der Waals surface area contributed by atoms with Crippen molar-refractivity contribution >= 4 is 11.8 Å². The van der Waals surface area contributed by atoms with Crippen LogP contribution in [0.3, 0.4) is 0 Å². The fourth-order valence-corrected chi connectivity index (χ4v) is 2.99. The molecule has 0 aromatic carbocycles. The van der Waals surface area contributed by atoms with Gasteiger partial charge in [0, 0.05) is 18.3 Å². The molecule has 0 saturated heterocycles. The molecule has 0 saturated carbocycles. The highest BCUT2D eigenvalue weighted by atomic mass is 16.4. The van der Waals surface area contributed by atoms with Crippen LogP contribution in [0.4, 0.5) is 0 Å². The third-order valence-corrected chi connectivity index (χ3v) is 4.56. The van der Waals surface area contributed by atoms with E-state index in [0.717, 1.165) is 12.8 Å². The standard InChI is InChI=1S/C21H32O3/c1-3-4-7-10-17(2)13-14-18-15-16-20(22)19(18)11-8-5-6-9-12-21(23)24/h5,8,13-19H,3-4,6-7,9-12H2,1-2H3,(H,23,24). The first-order chi connectivity index (χ1) is 11.5. The van der Waals surface area contributed by atoms with Gasteiger partial charge in [0.15, 0.2) is 5.78 Å². The summed E-state index contributed by atoms with van der Waals surface area (Å²) in [6, 6.07) is 0. The van der Waals surface area contributed by atoms with Crippen molar-refractivity contribution in [2.45, 2.75) is 65.2 Å². The van der Waals surface area contributed by atoms with Crippen LogP contribution in [0.15, 0.2) is 36.5 Å². The summed E-state index contributed by atoms with van der Waals surface area (Å²) < 4.78 is 0. The van der Waals surface area contributed by atoms with Gasteiger partial charge in [-0.2, -0.15) is 0 Å². The topological polar surface area (TPSA) is 54.4 Å². The predicted octanol–water partition coefficient (Wildman–Crippen LogP) is 5.33. The molecule has 0 aliphatic heterocycles. The molecule has 3 unspecified atom stereocenters. The van der Waals surface area contributed by atoms with Crippen molar-refractivity contribution in [3.63, 3.8) is 0 Å². The maximum Gasteiger partial charge on any atom is 0.303 e. The van der Waals surface area contributed by atoms with Crippen LogP contribution < -0.4 is 0 Å². The highest BCUT2D eigenvalue weighted by Gasteiger charge is 2.26. The molecule has 1 aliphatic rings. The van der Waals surface area contributed by atoms with Crippen LogP contribution in [-0.4, -0.2) is 16.9 Å². The van der Waals surface area contributed by atoms with E-state index in [4.69, 9.17) is 5.11 Å². The molecular formula is C21H32O3. The van der Waals surface area contributed by atoms with Gasteiger partial charge < -0.3 is 5.11 Å². The van der Waals surface area contributed by atoms with Gasteiger partial charge in [0.25, 0.3) is 0 Å². The molecule has 3 heteroatoms. The van der Waals surface area contributed by atoms with Gasteiger partial charge in [-0.15, -0.1) is 0 Å². The van der Waals surface area contributed by atoms with Gasteiger partial charge in [0.05, 0.1) is 0 Å². The predicted molar refractivity (Wildman–Crippen MR) is 98.8 cm³/mol. The molecule has 24 heavy (non-hydrogen) atoms. The molecule has 3 atom stereocenters.